The molecule has 0 bridgehead atoms. The normalized spacial score (nSPS) is 10.1. The number of nitrogens with one attached hydrogen (secondary N) is 2. The molecule has 2 aromatic rings. The van der Waals surface area contributed by atoms with Gasteiger partial charge in [-0.3, -0.25) is 0 Å². The van der Waals surface area contributed by atoms with Gasteiger partial charge in [-0.2, -0.15) is 0 Å². The molecular weight excluding hydrogens is 425 g/mol. The summed E-state index contributed by atoms with van der Waals surface area (Å²) >= 11 is 5.72. The number of hydrogen-bond acceptors (Lipinski definition) is 6. The van der Waals surface area contributed by atoms with Gasteiger partial charge in [-0.25, -0.2) is 15.8 Å². The maximum Gasteiger partial charge on any atom is 0.205 e. The van der Waals surface area contributed by atoms with Gasteiger partial charge in [-0.05, 0) is 56.7 Å². The van der Waals surface area contributed by atoms with Crippen LogP contribution in [0.3, 0.4) is 0 Å². The van der Waals surface area contributed by atoms with Gasteiger partial charge in [0.05, 0.1) is 12.8 Å². The number of methoxy groups -OCH3 is 1. The van der Waals surface area contributed by atoms with Crippen molar-refractivity contribution in [3.8, 4) is 5.75 Å². The van der Waals surface area contributed by atoms with E-state index in [1.54, 1.807) is 0 Å². The molecule has 0 fully saturated rings. The molecular formula is C11H11BrIN5O. The molecule has 0 radical (unpaired) electrons. The zero-order valence-electron chi connectivity index (χ0n) is 9.95. The number of nitrogen functional groups attached to an aromatic ring is 1. The Morgan fingerprint density at radius 2 is 2.05 bits per heavy atom. The smallest absolute Gasteiger partial charge is 0.205 e. The average molecular weight is 436 g/mol. The average Bonchev–Trinajstić information content (AvgIpc) is 2.42. The van der Waals surface area contributed by atoms with Crippen molar-refractivity contribution in [1.29, 1.82) is 0 Å². The molecule has 0 saturated carbocycles. The van der Waals surface area contributed by atoms with E-state index in [-0.39, 0.29) is 0 Å². The molecule has 0 aliphatic carbocycles. The summed E-state index contributed by atoms with van der Waals surface area (Å²) in [6.45, 7) is 0. The highest BCUT2D eigenvalue weighted by Crippen LogP contribution is 2.33. The van der Waals surface area contributed by atoms with Gasteiger partial charge in [0.2, 0.25) is 5.75 Å². The summed E-state index contributed by atoms with van der Waals surface area (Å²) in [6.07, 6.45) is 1.40. The number of hydrogen-bond donors (Lipinski definition) is 3. The molecule has 2 rings (SSSR count). The van der Waals surface area contributed by atoms with Gasteiger partial charge in [0.25, 0.3) is 0 Å². The number of hydrazine groups is 1. The number of nitrogens with two attached hydrogens (primary N) is 1. The SMILES string of the molecule is COc1c(NN)ncnc1Nc1cc(I)ccc1Br. The predicted molar refractivity (Wildman–Crippen MR) is 86.5 cm³/mol. The number of halogens is 2. The van der Waals surface area contributed by atoms with Crippen LogP contribution in [0.2, 0.25) is 0 Å². The topological polar surface area (TPSA) is 85.1 Å². The quantitative estimate of drug-likeness (QED) is 0.389. The maximum atomic E-state index is 5.38. The van der Waals surface area contributed by atoms with Crippen LogP contribution in [0.15, 0.2) is 29.0 Å². The molecule has 0 atom stereocenters. The largest absolute Gasteiger partial charge is 0.490 e. The molecule has 1 heterocycles. The summed E-state index contributed by atoms with van der Waals surface area (Å²) in [5.41, 5.74) is 3.35. The molecule has 0 aliphatic heterocycles. The minimum absolute atomic E-state index is 0.418. The van der Waals surface area contributed by atoms with Crippen molar-refractivity contribution in [2.75, 3.05) is 17.9 Å². The molecule has 1 aromatic heterocycles. The van der Waals surface area contributed by atoms with Crippen molar-refractivity contribution in [3.05, 3.63) is 32.6 Å². The minimum atomic E-state index is 0.418. The van der Waals surface area contributed by atoms with E-state index < -0.39 is 0 Å². The van der Waals surface area contributed by atoms with E-state index in [1.165, 1.54) is 13.4 Å². The van der Waals surface area contributed by atoms with E-state index in [0.717, 1.165) is 13.7 Å². The Bertz CT molecular complexity index is 595. The standard InChI is InChI=1S/C11H11BrIN5O/c1-19-9-10(15-5-16-11(9)18-14)17-8-4-6(13)2-3-7(8)12/h2-5H,14H2,1H3,(H2,15,16,17,18). The third kappa shape index (κ3) is 3.25. The highest BCUT2D eigenvalue weighted by molar-refractivity contribution is 14.1. The second kappa shape index (κ2) is 6.35. The highest BCUT2D eigenvalue weighted by atomic mass is 127. The van der Waals surface area contributed by atoms with Crippen LogP contribution in [0.4, 0.5) is 17.3 Å². The summed E-state index contributed by atoms with van der Waals surface area (Å²) in [5, 5.41) is 3.18. The van der Waals surface area contributed by atoms with Gasteiger partial charge in [0.1, 0.15) is 6.33 Å². The molecule has 0 aliphatic rings. The zero-order chi connectivity index (χ0) is 13.8. The summed E-state index contributed by atoms with van der Waals surface area (Å²) in [7, 11) is 1.54. The Kier molecular flexibility index (Phi) is 4.77. The molecule has 6 nitrogen and oxygen atoms in total. The summed E-state index contributed by atoms with van der Waals surface area (Å²) in [4.78, 5) is 8.14. The second-order valence-corrected chi connectivity index (χ2v) is 5.60. The maximum absolute atomic E-state index is 5.38. The number of anilines is 3. The molecule has 0 unspecified atom stereocenters. The van der Waals surface area contributed by atoms with E-state index in [9.17, 15) is 0 Å². The number of benzene rings is 1. The zero-order valence-corrected chi connectivity index (χ0v) is 13.7. The van der Waals surface area contributed by atoms with E-state index in [1.807, 2.05) is 18.2 Å². The lowest BCUT2D eigenvalue weighted by atomic mass is 10.3. The first kappa shape index (κ1) is 14.3. The first-order chi connectivity index (χ1) is 9.15. The molecule has 0 amide bonds. The van der Waals surface area contributed by atoms with Crippen molar-refractivity contribution in [2.45, 2.75) is 0 Å². The van der Waals surface area contributed by atoms with Crippen LogP contribution in [-0.2, 0) is 0 Å². The van der Waals surface area contributed by atoms with Gasteiger partial charge in [0.15, 0.2) is 11.6 Å². The van der Waals surface area contributed by atoms with Crippen LogP contribution in [-0.4, -0.2) is 17.1 Å². The summed E-state index contributed by atoms with van der Waals surface area (Å²) in [6, 6.07) is 5.95. The van der Waals surface area contributed by atoms with Gasteiger partial charge >= 0.3 is 0 Å². The Labute approximate surface area is 132 Å². The lowest BCUT2D eigenvalue weighted by molar-refractivity contribution is 0.415. The monoisotopic (exact) mass is 435 g/mol. The molecule has 0 saturated heterocycles. The van der Waals surface area contributed by atoms with Crippen molar-refractivity contribution >= 4 is 55.8 Å². The van der Waals surface area contributed by atoms with E-state index >= 15 is 0 Å². The molecule has 0 spiro atoms. The van der Waals surface area contributed by atoms with Crippen LogP contribution in [0.5, 0.6) is 5.75 Å². The number of nitrogens with zero attached hydrogens (tertiary/aromatic N) is 2. The lowest BCUT2D eigenvalue weighted by Gasteiger charge is -2.13. The molecule has 19 heavy (non-hydrogen) atoms. The van der Waals surface area contributed by atoms with E-state index in [4.69, 9.17) is 10.6 Å². The number of aromatic nitrogens is 2. The van der Waals surface area contributed by atoms with Crippen molar-refractivity contribution in [1.82, 2.24) is 9.97 Å². The molecule has 4 N–H and O–H groups in total. The van der Waals surface area contributed by atoms with E-state index in [2.05, 4.69) is 59.2 Å². The third-order valence-electron chi connectivity index (χ3n) is 2.33. The molecule has 8 heteroatoms. The first-order valence-corrected chi connectivity index (χ1v) is 7.10. The van der Waals surface area contributed by atoms with Crippen LogP contribution in [0.1, 0.15) is 0 Å². The Hall–Kier alpha value is -1.13. The lowest BCUT2D eigenvalue weighted by Crippen LogP contribution is -2.11. The van der Waals surface area contributed by atoms with Crippen LogP contribution < -0.4 is 21.3 Å². The third-order valence-corrected chi connectivity index (χ3v) is 3.69. The van der Waals surface area contributed by atoms with Gasteiger partial charge in [0, 0.05) is 8.04 Å². The second-order valence-electron chi connectivity index (χ2n) is 3.50. The minimum Gasteiger partial charge on any atom is -0.490 e. The van der Waals surface area contributed by atoms with Crippen LogP contribution in [0.25, 0.3) is 0 Å². The summed E-state index contributed by atoms with van der Waals surface area (Å²) < 4.78 is 7.29. The predicted octanol–water partition coefficient (Wildman–Crippen LogP) is 2.88. The fourth-order valence-electron chi connectivity index (χ4n) is 1.48. The Balaban J connectivity index is 2.40. The van der Waals surface area contributed by atoms with Gasteiger partial charge < -0.3 is 15.5 Å². The Morgan fingerprint density at radius 3 is 2.74 bits per heavy atom. The van der Waals surface area contributed by atoms with Gasteiger partial charge in [-0.1, -0.05) is 0 Å². The van der Waals surface area contributed by atoms with Gasteiger partial charge in [-0.15, -0.1) is 0 Å². The molecule has 100 valence electrons. The number of ether oxygens (including phenoxy) is 1. The number of rotatable bonds is 4. The Morgan fingerprint density at radius 1 is 1.32 bits per heavy atom. The highest BCUT2D eigenvalue weighted by Gasteiger charge is 2.12. The van der Waals surface area contributed by atoms with Crippen molar-refractivity contribution in [3.63, 3.8) is 0 Å². The fraction of sp³-hybridized carbons (Fsp3) is 0.0909. The fourth-order valence-corrected chi connectivity index (χ4v) is 2.32. The molecule has 1 aromatic carbocycles. The van der Waals surface area contributed by atoms with Crippen molar-refractivity contribution < 1.29 is 4.74 Å². The van der Waals surface area contributed by atoms with Crippen molar-refractivity contribution in [2.24, 2.45) is 5.84 Å². The summed E-state index contributed by atoms with van der Waals surface area (Å²) in [5.74, 6) is 6.79. The van der Waals surface area contributed by atoms with Crippen LogP contribution in [0, 0.1) is 3.57 Å². The first-order valence-electron chi connectivity index (χ1n) is 5.23. The van der Waals surface area contributed by atoms with E-state index in [0.29, 0.717) is 17.4 Å². The van der Waals surface area contributed by atoms with Crippen LogP contribution >= 0.6 is 38.5 Å².